The molecular weight excluding hydrogens is 273 g/mol. The Labute approximate surface area is 115 Å². The van der Waals surface area contributed by atoms with Gasteiger partial charge in [-0.05, 0) is 36.5 Å². The van der Waals surface area contributed by atoms with Crippen LogP contribution in [0.3, 0.4) is 0 Å². The van der Waals surface area contributed by atoms with Gasteiger partial charge in [0.2, 0.25) is 0 Å². The van der Waals surface area contributed by atoms with E-state index in [-0.39, 0.29) is 11.5 Å². The Kier molecular flexibility index (Phi) is 4.79. The lowest BCUT2D eigenvalue weighted by molar-refractivity contribution is -0.139. The number of hydrogen-bond donors (Lipinski definition) is 1. The number of benzene rings is 1. The summed E-state index contributed by atoms with van der Waals surface area (Å²) in [6, 6.07) is 4.09. The maximum Gasteiger partial charge on any atom is 0.417 e. The fourth-order valence-electron chi connectivity index (χ4n) is 2.41. The summed E-state index contributed by atoms with van der Waals surface area (Å²) in [5.74, 6) is 1.30. The van der Waals surface area contributed by atoms with E-state index in [2.05, 4.69) is 0 Å². The van der Waals surface area contributed by atoms with Crippen LogP contribution >= 0.6 is 11.8 Å². The van der Waals surface area contributed by atoms with E-state index in [9.17, 15) is 13.2 Å². The highest BCUT2D eigenvalue weighted by Crippen LogP contribution is 2.39. The molecular formula is C14H17F3OS. The van der Waals surface area contributed by atoms with Crippen molar-refractivity contribution in [2.45, 2.75) is 43.4 Å². The molecule has 1 aliphatic carbocycles. The van der Waals surface area contributed by atoms with E-state index in [1.54, 1.807) is 6.07 Å². The topological polar surface area (TPSA) is 20.2 Å². The van der Waals surface area contributed by atoms with Crippen molar-refractivity contribution in [1.29, 1.82) is 0 Å². The van der Waals surface area contributed by atoms with Gasteiger partial charge in [-0.2, -0.15) is 13.2 Å². The molecule has 0 radical (unpaired) electrons. The molecule has 1 aliphatic rings. The van der Waals surface area contributed by atoms with Crippen molar-refractivity contribution in [3.63, 3.8) is 0 Å². The van der Waals surface area contributed by atoms with E-state index in [4.69, 9.17) is 5.11 Å². The van der Waals surface area contributed by atoms with Crippen LogP contribution in [0.15, 0.2) is 23.1 Å². The lowest BCUT2D eigenvalue weighted by Gasteiger charge is -2.15. The van der Waals surface area contributed by atoms with Crippen molar-refractivity contribution in [3.05, 3.63) is 29.3 Å². The van der Waals surface area contributed by atoms with Gasteiger partial charge < -0.3 is 5.11 Å². The van der Waals surface area contributed by atoms with Crippen LogP contribution in [0.4, 0.5) is 13.2 Å². The van der Waals surface area contributed by atoms with Gasteiger partial charge in [0.25, 0.3) is 0 Å². The minimum absolute atomic E-state index is 0.275. The molecule has 5 heteroatoms. The third-order valence-corrected chi connectivity index (χ3v) is 4.79. The predicted molar refractivity (Wildman–Crippen MR) is 70.0 cm³/mol. The van der Waals surface area contributed by atoms with Crippen molar-refractivity contribution >= 4 is 11.8 Å². The first-order chi connectivity index (χ1) is 9.00. The zero-order valence-electron chi connectivity index (χ0n) is 10.5. The Morgan fingerprint density at radius 3 is 2.47 bits per heavy atom. The summed E-state index contributed by atoms with van der Waals surface area (Å²) < 4.78 is 38.9. The van der Waals surface area contributed by atoms with E-state index < -0.39 is 11.7 Å². The van der Waals surface area contributed by atoms with Gasteiger partial charge in [0, 0.05) is 10.6 Å². The van der Waals surface area contributed by atoms with Crippen molar-refractivity contribution in [3.8, 4) is 0 Å². The molecule has 1 N–H and O–H groups in total. The molecule has 0 spiro atoms. The molecule has 19 heavy (non-hydrogen) atoms. The van der Waals surface area contributed by atoms with E-state index in [0.29, 0.717) is 11.5 Å². The molecule has 1 nitrogen and oxygen atoms in total. The maximum absolute atomic E-state index is 13.0. The van der Waals surface area contributed by atoms with Gasteiger partial charge in [0.1, 0.15) is 0 Å². The summed E-state index contributed by atoms with van der Waals surface area (Å²) in [6.07, 6.45) is 0.289. The van der Waals surface area contributed by atoms with Crippen LogP contribution in [0.2, 0.25) is 0 Å². The smallest absolute Gasteiger partial charge is 0.392 e. The van der Waals surface area contributed by atoms with Crippen molar-refractivity contribution in [1.82, 2.24) is 0 Å². The number of rotatable bonds is 4. The molecule has 0 amide bonds. The largest absolute Gasteiger partial charge is 0.417 e. The number of aliphatic hydroxyl groups is 1. The van der Waals surface area contributed by atoms with Gasteiger partial charge in [0.15, 0.2) is 0 Å². The number of hydrogen-bond acceptors (Lipinski definition) is 2. The zero-order chi connectivity index (χ0) is 13.9. The van der Waals surface area contributed by atoms with Crippen LogP contribution in [0.25, 0.3) is 0 Å². The molecule has 0 aliphatic heterocycles. The second-order valence-corrected chi connectivity index (χ2v) is 6.01. The minimum atomic E-state index is -4.36. The molecule has 1 aromatic carbocycles. The third kappa shape index (κ3) is 3.89. The fraction of sp³-hybridized carbons (Fsp3) is 0.571. The lowest BCUT2D eigenvalue weighted by Crippen LogP contribution is -2.08. The molecule has 2 rings (SSSR count). The molecule has 0 heterocycles. The normalized spacial score (nSPS) is 17.1. The quantitative estimate of drug-likeness (QED) is 0.825. The van der Waals surface area contributed by atoms with Crippen LogP contribution in [0.1, 0.15) is 36.8 Å². The van der Waals surface area contributed by atoms with E-state index in [1.165, 1.54) is 30.7 Å². The first kappa shape index (κ1) is 14.7. The highest BCUT2D eigenvalue weighted by atomic mass is 32.2. The Hall–Kier alpha value is -0.680. The monoisotopic (exact) mass is 290 g/mol. The average Bonchev–Trinajstić information content (AvgIpc) is 2.88. The highest BCUT2D eigenvalue weighted by Gasteiger charge is 2.34. The van der Waals surface area contributed by atoms with Crippen LogP contribution < -0.4 is 0 Å². The minimum Gasteiger partial charge on any atom is -0.392 e. The second-order valence-electron chi connectivity index (χ2n) is 4.95. The summed E-state index contributed by atoms with van der Waals surface area (Å²) >= 11 is 1.29. The highest BCUT2D eigenvalue weighted by molar-refractivity contribution is 7.99. The number of halogens is 3. The van der Waals surface area contributed by atoms with Crippen LogP contribution in [0, 0.1) is 5.92 Å². The van der Waals surface area contributed by atoms with E-state index in [1.807, 2.05) is 0 Å². The molecule has 1 aromatic rings. The maximum atomic E-state index is 13.0. The first-order valence-corrected chi connectivity index (χ1v) is 7.43. The molecule has 0 atom stereocenters. The predicted octanol–water partition coefficient (Wildman–Crippen LogP) is 4.48. The van der Waals surface area contributed by atoms with Crippen LogP contribution in [-0.2, 0) is 12.8 Å². The van der Waals surface area contributed by atoms with E-state index >= 15 is 0 Å². The Morgan fingerprint density at radius 1 is 1.21 bits per heavy atom. The van der Waals surface area contributed by atoms with E-state index in [0.717, 1.165) is 24.7 Å². The Bertz CT molecular complexity index is 425. The average molecular weight is 290 g/mol. The van der Waals surface area contributed by atoms with Gasteiger partial charge in [0.05, 0.1) is 12.2 Å². The molecule has 106 valence electrons. The zero-order valence-corrected chi connectivity index (χ0v) is 11.4. The van der Waals surface area contributed by atoms with Gasteiger partial charge in [-0.3, -0.25) is 0 Å². The molecule has 1 fully saturated rings. The van der Waals surface area contributed by atoms with Gasteiger partial charge >= 0.3 is 6.18 Å². The summed E-state index contributed by atoms with van der Waals surface area (Å²) in [6.45, 7) is -0.364. The standard InChI is InChI=1S/C14H17F3OS/c15-14(16,17)12-7-11(8-18)5-6-13(12)19-9-10-3-1-2-4-10/h5-7,10,18H,1-4,8-9H2. The lowest BCUT2D eigenvalue weighted by atomic mass is 10.1. The van der Waals surface area contributed by atoms with Crippen molar-refractivity contribution in [2.75, 3.05) is 5.75 Å². The summed E-state index contributed by atoms with van der Waals surface area (Å²) in [5.41, 5.74) is -0.320. The summed E-state index contributed by atoms with van der Waals surface area (Å²) in [5, 5.41) is 8.95. The summed E-state index contributed by atoms with van der Waals surface area (Å²) in [4.78, 5) is 0.275. The molecule has 0 aromatic heterocycles. The Morgan fingerprint density at radius 2 is 1.89 bits per heavy atom. The third-order valence-electron chi connectivity index (χ3n) is 3.48. The van der Waals surface area contributed by atoms with Gasteiger partial charge in [-0.1, -0.05) is 18.9 Å². The molecule has 0 unspecified atom stereocenters. The van der Waals surface area contributed by atoms with Gasteiger partial charge in [-0.25, -0.2) is 0 Å². The number of alkyl halides is 3. The fourth-order valence-corrected chi connectivity index (χ4v) is 3.65. The number of aliphatic hydroxyl groups excluding tert-OH is 1. The SMILES string of the molecule is OCc1ccc(SCC2CCCC2)c(C(F)(F)F)c1. The number of thioether (sulfide) groups is 1. The van der Waals surface area contributed by atoms with Gasteiger partial charge in [-0.15, -0.1) is 11.8 Å². The molecule has 0 bridgehead atoms. The van der Waals surface area contributed by atoms with Crippen LogP contribution in [-0.4, -0.2) is 10.9 Å². The van der Waals surface area contributed by atoms with Crippen molar-refractivity contribution in [2.24, 2.45) is 5.92 Å². The second kappa shape index (κ2) is 6.18. The van der Waals surface area contributed by atoms with Crippen molar-refractivity contribution < 1.29 is 18.3 Å². The summed E-state index contributed by atoms with van der Waals surface area (Å²) in [7, 11) is 0. The molecule has 0 saturated heterocycles. The molecule has 1 saturated carbocycles. The first-order valence-electron chi connectivity index (χ1n) is 6.44. The van der Waals surface area contributed by atoms with Crippen LogP contribution in [0.5, 0.6) is 0 Å². The Balaban J connectivity index is 2.13.